The van der Waals surface area contributed by atoms with Crippen molar-refractivity contribution in [2.75, 3.05) is 12.0 Å². The molecule has 9 heteroatoms. The summed E-state index contributed by atoms with van der Waals surface area (Å²) in [6, 6.07) is 11.0. The van der Waals surface area contributed by atoms with Gasteiger partial charge >= 0.3 is 12.2 Å². The molecular formula is C16H12ClN5O3. The van der Waals surface area contributed by atoms with Crippen molar-refractivity contribution < 1.29 is 14.3 Å². The Hall–Kier alpha value is -3.13. The maximum Gasteiger partial charge on any atom is 0.516 e. The molecule has 0 radical (unpaired) electrons. The van der Waals surface area contributed by atoms with Gasteiger partial charge in [0.2, 0.25) is 0 Å². The standard InChI is InChI=1S/C16H12ClN5O3/c1-24-16(23)25-15-19-13-9-21(11-5-2-4-10(17)8-11)14-12(22(13)20-15)6-3-7-18-14/h2-8H,9H2,1H3. The number of hydrogen-bond donors (Lipinski definition) is 0. The molecule has 0 atom stereocenters. The van der Waals surface area contributed by atoms with Crippen LogP contribution in [0.3, 0.4) is 0 Å². The number of methoxy groups -OCH3 is 1. The Balaban J connectivity index is 1.79. The van der Waals surface area contributed by atoms with Gasteiger partial charge in [-0.3, -0.25) is 0 Å². The van der Waals surface area contributed by atoms with Crippen LogP contribution in [0, 0.1) is 0 Å². The molecule has 0 saturated carbocycles. The highest BCUT2D eigenvalue weighted by atomic mass is 35.5. The molecule has 0 unspecified atom stereocenters. The predicted octanol–water partition coefficient (Wildman–Crippen LogP) is 3.11. The number of fused-ring (bicyclic) bond motifs is 3. The number of carbonyl (C=O) groups excluding carboxylic acids is 1. The van der Waals surface area contributed by atoms with E-state index >= 15 is 0 Å². The summed E-state index contributed by atoms with van der Waals surface area (Å²) >= 11 is 6.12. The third kappa shape index (κ3) is 2.76. The summed E-state index contributed by atoms with van der Waals surface area (Å²) < 4.78 is 11.0. The number of benzene rings is 1. The van der Waals surface area contributed by atoms with Gasteiger partial charge in [-0.1, -0.05) is 17.7 Å². The highest BCUT2D eigenvalue weighted by molar-refractivity contribution is 6.30. The van der Waals surface area contributed by atoms with Gasteiger partial charge in [-0.2, -0.15) is 4.98 Å². The number of rotatable bonds is 2. The molecule has 0 N–H and O–H groups in total. The Morgan fingerprint density at radius 3 is 2.96 bits per heavy atom. The van der Waals surface area contributed by atoms with Gasteiger partial charge in [-0.25, -0.2) is 14.5 Å². The van der Waals surface area contributed by atoms with Crippen LogP contribution in [0.4, 0.5) is 16.3 Å². The van der Waals surface area contributed by atoms with E-state index in [-0.39, 0.29) is 6.01 Å². The molecule has 1 aromatic carbocycles. The molecular weight excluding hydrogens is 346 g/mol. The van der Waals surface area contributed by atoms with Crippen molar-refractivity contribution in [3.63, 3.8) is 0 Å². The minimum Gasteiger partial charge on any atom is -0.437 e. The van der Waals surface area contributed by atoms with E-state index in [9.17, 15) is 4.79 Å². The van der Waals surface area contributed by atoms with Crippen LogP contribution in [0.25, 0.3) is 5.69 Å². The third-order valence-corrected chi connectivity index (χ3v) is 3.90. The fourth-order valence-corrected chi connectivity index (χ4v) is 2.80. The maximum absolute atomic E-state index is 11.3. The fraction of sp³-hybridized carbons (Fsp3) is 0.125. The first-order chi connectivity index (χ1) is 12.2. The molecule has 0 spiro atoms. The molecule has 3 aromatic rings. The summed E-state index contributed by atoms with van der Waals surface area (Å²) in [4.78, 5) is 22.0. The van der Waals surface area contributed by atoms with Gasteiger partial charge in [0.1, 0.15) is 5.69 Å². The van der Waals surface area contributed by atoms with Crippen molar-refractivity contribution in [3.05, 3.63) is 53.4 Å². The summed E-state index contributed by atoms with van der Waals surface area (Å²) in [5.74, 6) is 1.30. The maximum atomic E-state index is 11.3. The van der Waals surface area contributed by atoms with Crippen LogP contribution in [0.1, 0.15) is 5.82 Å². The van der Waals surface area contributed by atoms with Crippen LogP contribution in [0.5, 0.6) is 6.01 Å². The molecule has 126 valence electrons. The Labute approximate surface area is 147 Å². The summed E-state index contributed by atoms with van der Waals surface area (Å²) in [6.45, 7) is 0.391. The smallest absolute Gasteiger partial charge is 0.437 e. The molecule has 0 saturated heterocycles. The van der Waals surface area contributed by atoms with Crippen LogP contribution in [-0.2, 0) is 11.3 Å². The number of halogens is 1. The van der Waals surface area contributed by atoms with E-state index in [1.807, 2.05) is 29.2 Å². The van der Waals surface area contributed by atoms with Crippen LogP contribution in [0.15, 0.2) is 42.6 Å². The quantitative estimate of drug-likeness (QED) is 0.651. The number of aromatic nitrogens is 4. The van der Waals surface area contributed by atoms with E-state index in [1.54, 1.807) is 23.0 Å². The zero-order valence-electron chi connectivity index (χ0n) is 13.1. The summed E-state index contributed by atoms with van der Waals surface area (Å²) in [7, 11) is 1.22. The summed E-state index contributed by atoms with van der Waals surface area (Å²) in [5.41, 5.74) is 1.59. The molecule has 1 aliphatic heterocycles. The van der Waals surface area contributed by atoms with Gasteiger partial charge in [-0.05, 0) is 30.3 Å². The Morgan fingerprint density at radius 2 is 2.16 bits per heavy atom. The van der Waals surface area contributed by atoms with Crippen molar-refractivity contribution in [1.82, 2.24) is 19.7 Å². The number of pyridine rings is 1. The first-order valence-corrected chi connectivity index (χ1v) is 7.74. The lowest BCUT2D eigenvalue weighted by Crippen LogP contribution is -2.27. The lowest BCUT2D eigenvalue weighted by atomic mass is 10.2. The van der Waals surface area contributed by atoms with Crippen molar-refractivity contribution >= 4 is 29.3 Å². The minimum atomic E-state index is -0.874. The Bertz CT molecular complexity index is 958. The van der Waals surface area contributed by atoms with Crippen molar-refractivity contribution in [3.8, 4) is 11.7 Å². The third-order valence-electron chi connectivity index (χ3n) is 3.67. The number of ether oxygens (including phenoxy) is 2. The highest BCUT2D eigenvalue weighted by Gasteiger charge is 2.28. The normalized spacial score (nSPS) is 12.3. The Morgan fingerprint density at radius 1 is 1.28 bits per heavy atom. The first kappa shape index (κ1) is 15.4. The van der Waals surface area contributed by atoms with E-state index in [1.165, 1.54) is 7.11 Å². The number of anilines is 2. The van der Waals surface area contributed by atoms with Gasteiger partial charge in [-0.15, -0.1) is 5.10 Å². The van der Waals surface area contributed by atoms with Crippen molar-refractivity contribution in [2.45, 2.75) is 6.54 Å². The van der Waals surface area contributed by atoms with E-state index in [4.69, 9.17) is 16.3 Å². The van der Waals surface area contributed by atoms with Gasteiger partial charge in [0, 0.05) is 16.9 Å². The van der Waals surface area contributed by atoms with Gasteiger partial charge in [0.15, 0.2) is 11.6 Å². The topological polar surface area (TPSA) is 82.4 Å². The molecule has 0 fully saturated rings. The lowest BCUT2D eigenvalue weighted by Gasteiger charge is -2.29. The molecule has 0 aliphatic carbocycles. The molecule has 3 heterocycles. The average molecular weight is 358 g/mol. The molecule has 8 nitrogen and oxygen atoms in total. The van der Waals surface area contributed by atoms with Crippen LogP contribution < -0.4 is 9.64 Å². The predicted molar refractivity (Wildman–Crippen MR) is 89.5 cm³/mol. The minimum absolute atomic E-state index is 0.0791. The molecule has 4 rings (SSSR count). The summed E-state index contributed by atoms with van der Waals surface area (Å²) in [6.07, 6.45) is 0.825. The van der Waals surface area contributed by atoms with E-state index in [2.05, 4.69) is 19.8 Å². The van der Waals surface area contributed by atoms with Crippen molar-refractivity contribution in [2.24, 2.45) is 0 Å². The zero-order valence-corrected chi connectivity index (χ0v) is 13.8. The molecule has 2 aromatic heterocycles. The van der Waals surface area contributed by atoms with Crippen LogP contribution >= 0.6 is 11.6 Å². The second-order valence-electron chi connectivity index (χ2n) is 5.19. The van der Waals surface area contributed by atoms with Crippen molar-refractivity contribution in [1.29, 1.82) is 0 Å². The average Bonchev–Trinajstić information content (AvgIpc) is 3.03. The highest BCUT2D eigenvalue weighted by Crippen LogP contribution is 2.36. The lowest BCUT2D eigenvalue weighted by molar-refractivity contribution is 0.118. The Kier molecular flexibility index (Phi) is 3.73. The van der Waals surface area contributed by atoms with Crippen LogP contribution in [-0.4, -0.2) is 33.0 Å². The van der Waals surface area contributed by atoms with E-state index < -0.39 is 6.16 Å². The first-order valence-electron chi connectivity index (χ1n) is 7.36. The van der Waals surface area contributed by atoms with Crippen LogP contribution in [0.2, 0.25) is 5.02 Å². The molecule has 1 aliphatic rings. The zero-order chi connectivity index (χ0) is 17.4. The van der Waals surface area contributed by atoms with E-state index in [0.29, 0.717) is 23.2 Å². The van der Waals surface area contributed by atoms with Gasteiger partial charge < -0.3 is 14.4 Å². The molecule has 25 heavy (non-hydrogen) atoms. The second kappa shape index (κ2) is 6.06. The van der Waals surface area contributed by atoms with Gasteiger partial charge in [0.05, 0.1) is 13.7 Å². The summed E-state index contributed by atoms with van der Waals surface area (Å²) in [5, 5.41) is 4.84. The largest absolute Gasteiger partial charge is 0.516 e. The number of nitrogens with zero attached hydrogens (tertiary/aromatic N) is 5. The fourth-order valence-electron chi connectivity index (χ4n) is 2.61. The number of hydrogen-bond acceptors (Lipinski definition) is 7. The number of carbonyl (C=O) groups is 1. The molecule has 0 bridgehead atoms. The monoisotopic (exact) mass is 357 g/mol. The van der Waals surface area contributed by atoms with Gasteiger partial charge in [0.25, 0.3) is 0 Å². The SMILES string of the molecule is COC(=O)Oc1nc2n(n1)-c1cccnc1N(c1cccc(Cl)c1)C2. The molecule has 0 amide bonds. The van der Waals surface area contributed by atoms with E-state index in [0.717, 1.165) is 11.4 Å². The second-order valence-corrected chi connectivity index (χ2v) is 5.63.